The summed E-state index contributed by atoms with van der Waals surface area (Å²) < 4.78 is 2.87. The van der Waals surface area contributed by atoms with Crippen molar-refractivity contribution >= 4 is 17.6 Å². The lowest BCUT2D eigenvalue weighted by atomic mass is 10.1. The molecule has 0 aliphatic heterocycles. The van der Waals surface area contributed by atoms with Crippen LogP contribution in [-0.2, 0) is 11.3 Å². The number of nitrogens with one attached hydrogen (secondary N) is 1. The van der Waals surface area contributed by atoms with Gasteiger partial charge >= 0.3 is 5.69 Å². The first-order valence-electron chi connectivity index (χ1n) is 8.18. The van der Waals surface area contributed by atoms with Gasteiger partial charge in [-0.2, -0.15) is 5.26 Å². The van der Waals surface area contributed by atoms with E-state index in [1.54, 1.807) is 42.6 Å². The van der Waals surface area contributed by atoms with E-state index in [2.05, 4.69) is 16.5 Å². The number of hydrogen-bond donors (Lipinski definition) is 1. The Kier molecular flexibility index (Phi) is 5.25. The summed E-state index contributed by atoms with van der Waals surface area (Å²) in [5, 5.41) is 16.0. The van der Waals surface area contributed by atoms with Crippen molar-refractivity contribution in [1.29, 1.82) is 5.26 Å². The van der Waals surface area contributed by atoms with Crippen LogP contribution in [0.1, 0.15) is 17.5 Å². The molecule has 0 saturated heterocycles. The molecule has 1 aromatic carbocycles. The van der Waals surface area contributed by atoms with E-state index in [9.17, 15) is 9.59 Å². The minimum atomic E-state index is -0.250. The Hall–Kier alpha value is -3.66. The molecular weight excluding hydrogens is 330 g/mol. The smallest absolute Gasteiger partial charge is 0.350 e. The van der Waals surface area contributed by atoms with Crippen LogP contribution in [0.3, 0.4) is 0 Å². The van der Waals surface area contributed by atoms with Gasteiger partial charge in [-0.1, -0.05) is 24.3 Å². The van der Waals surface area contributed by atoms with Crippen LogP contribution < -0.4 is 11.0 Å². The van der Waals surface area contributed by atoms with Gasteiger partial charge in [0.15, 0.2) is 5.65 Å². The second-order valence-corrected chi connectivity index (χ2v) is 5.61. The third-order valence-electron chi connectivity index (χ3n) is 3.83. The molecule has 1 N–H and O–H groups in total. The van der Waals surface area contributed by atoms with Crippen LogP contribution in [0.4, 0.5) is 0 Å². The zero-order valence-corrected chi connectivity index (χ0v) is 14.0. The number of aromatic nitrogens is 3. The largest absolute Gasteiger partial charge is 0.352 e. The predicted molar refractivity (Wildman–Crippen MR) is 97.3 cm³/mol. The molecular formula is C19H17N5O2. The fourth-order valence-electron chi connectivity index (χ4n) is 2.52. The summed E-state index contributed by atoms with van der Waals surface area (Å²) in [4.78, 5) is 24.0. The van der Waals surface area contributed by atoms with Gasteiger partial charge in [0, 0.05) is 25.4 Å². The first kappa shape index (κ1) is 17.2. The Morgan fingerprint density at radius 3 is 2.85 bits per heavy atom. The third-order valence-corrected chi connectivity index (χ3v) is 3.83. The van der Waals surface area contributed by atoms with E-state index in [4.69, 9.17) is 5.26 Å². The fourth-order valence-corrected chi connectivity index (χ4v) is 2.52. The zero-order chi connectivity index (χ0) is 18.4. The second-order valence-electron chi connectivity index (χ2n) is 5.61. The van der Waals surface area contributed by atoms with Crippen LogP contribution in [0.2, 0.25) is 0 Å². The van der Waals surface area contributed by atoms with Crippen LogP contribution in [0.25, 0.3) is 11.7 Å². The fraction of sp³-hybridized carbons (Fsp3) is 0.158. The Bertz CT molecular complexity index is 1060. The average Bonchev–Trinajstić information content (AvgIpc) is 3.00. The monoisotopic (exact) mass is 347 g/mol. The van der Waals surface area contributed by atoms with Gasteiger partial charge in [0.05, 0.1) is 11.6 Å². The standard InChI is InChI=1S/C19H17N5O2/c20-14-16-7-2-1-6-15(16)9-10-18(25)21-11-5-13-24-19(26)23-12-4-3-8-17(23)22-24/h1-4,6-10,12H,5,11,13H2,(H,21,25)/b10-9+. The molecule has 0 atom stereocenters. The molecule has 0 aliphatic carbocycles. The van der Waals surface area contributed by atoms with E-state index in [-0.39, 0.29) is 11.6 Å². The highest BCUT2D eigenvalue weighted by molar-refractivity contribution is 5.92. The number of carbonyl (C=O) groups is 1. The first-order chi connectivity index (χ1) is 12.7. The molecule has 26 heavy (non-hydrogen) atoms. The minimum Gasteiger partial charge on any atom is -0.352 e. The molecule has 0 aliphatic rings. The maximum atomic E-state index is 12.1. The lowest BCUT2D eigenvalue weighted by molar-refractivity contribution is -0.116. The Balaban J connectivity index is 1.51. The maximum Gasteiger partial charge on any atom is 0.350 e. The van der Waals surface area contributed by atoms with Gasteiger partial charge in [-0.3, -0.25) is 9.20 Å². The summed E-state index contributed by atoms with van der Waals surface area (Å²) in [5.41, 5.74) is 1.62. The van der Waals surface area contributed by atoms with Crippen molar-refractivity contribution in [3.8, 4) is 6.07 Å². The van der Waals surface area contributed by atoms with Crippen LogP contribution in [0, 0.1) is 11.3 Å². The predicted octanol–water partition coefficient (Wildman–Crippen LogP) is 1.59. The molecule has 0 unspecified atom stereocenters. The summed E-state index contributed by atoms with van der Waals surface area (Å²) in [5.74, 6) is -0.250. The van der Waals surface area contributed by atoms with Crippen molar-refractivity contribution in [2.75, 3.05) is 6.54 Å². The molecule has 0 radical (unpaired) electrons. The molecule has 0 bridgehead atoms. The van der Waals surface area contributed by atoms with Gasteiger partial charge in [0.25, 0.3) is 0 Å². The summed E-state index contributed by atoms with van der Waals surface area (Å²) in [6.45, 7) is 0.838. The van der Waals surface area contributed by atoms with Gasteiger partial charge in [0.1, 0.15) is 0 Å². The third kappa shape index (κ3) is 3.87. The second kappa shape index (κ2) is 7.94. The lowest BCUT2D eigenvalue weighted by Gasteiger charge is -2.02. The summed E-state index contributed by atoms with van der Waals surface area (Å²) in [7, 11) is 0. The number of aryl methyl sites for hydroxylation is 1. The van der Waals surface area contributed by atoms with Crippen molar-refractivity contribution in [2.45, 2.75) is 13.0 Å². The van der Waals surface area contributed by atoms with Gasteiger partial charge in [0.2, 0.25) is 5.91 Å². The number of hydrogen-bond acceptors (Lipinski definition) is 4. The molecule has 7 nitrogen and oxygen atoms in total. The Labute approximate surface area is 149 Å². The average molecular weight is 347 g/mol. The zero-order valence-electron chi connectivity index (χ0n) is 14.0. The number of nitrogens with zero attached hydrogens (tertiary/aromatic N) is 4. The molecule has 0 spiro atoms. The molecule has 3 aromatic rings. The first-order valence-corrected chi connectivity index (χ1v) is 8.18. The SMILES string of the molecule is N#Cc1ccccc1/C=C/C(=O)NCCCn1nc2ccccn2c1=O. The summed E-state index contributed by atoms with van der Waals surface area (Å²) in [6.07, 6.45) is 5.26. The Morgan fingerprint density at radius 1 is 1.23 bits per heavy atom. The number of carbonyl (C=O) groups excluding carboxylic acids is 1. The van der Waals surface area contributed by atoms with Gasteiger partial charge < -0.3 is 5.32 Å². The number of benzene rings is 1. The number of rotatable bonds is 6. The van der Waals surface area contributed by atoms with Crippen LogP contribution in [-0.4, -0.2) is 26.6 Å². The highest BCUT2D eigenvalue weighted by Crippen LogP contribution is 2.08. The maximum absolute atomic E-state index is 12.1. The van der Waals surface area contributed by atoms with Crippen LogP contribution >= 0.6 is 0 Å². The van der Waals surface area contributed by atoms with Gasteiger partial charge in [-0.25, -0.2) is 9.48 Å². The molecule has 0 saturated carbocycles. The number of fused-ring (bicyclic) bond motifs is 1. The molecule has 3 rings (SSSR count). The molecule has 2 heterocycles. The molecule has 130 valence electrons. The normalized spacial score (nSPS) is 10.9. The van der Waals surface area contributed by atoms with Crippen molar-refractivity contribution in [3.63, 3.8) is 0 Å². The quantitative estimate of drug-likeness (QED) is 0.541. The van der Waals surface area contributed by atoms with E-state index >= 15 is 0 Å². The van der Waals surface area contributed by atoms with Crippen LogP contribution in [0.15, 0.2) is 59.5 Å². The van der Waals surface area contributed by atoms with E-state index < -0.39 is 0 Å². The van der Waals surface area contributed by atoms with E-state index in [0.717, 1.165) is 0 Å². The van der Waals surface area contributed by atoms with Crippen molar-refractivity contribution in [2.24, 2.45) is 0 Å². The highest BCUT2D eigenvalue weighted by atomic mass is 16.2. The Morgan fingerprint density at radius 2 is 2.04 bits per heavy atom. The highest BCUT2D eigenvalue weighted by Gasteiger charge is 2.05. The lowest BCUT2D eigenvalue weighted by Crippen LogP contribution is -2.26. The number of nitriles is 1. The van der Waals surface area contributed by atoms with Gasteiger partial charge in [-0.05, 0) is 36.3 Å². The van der Waals surface area contributed by atoms with E-state index in [1.165, 1.54) is 15.2 Å². The molecule has 1 amide bonds. The number of pyridine rings is 1. The number of amides is 1. The molecule has 7 heteroatoms. The van der Waals surface area contributed by atoms with Gasteiger partial charge in [-0.15, -0.1) is 5.10 Å². The summed E-state index contributed by atoms with van der Waals surface area (Å²) >= 11 is 0. The van der Waals surface area contributed by atoms with E-state index in [1.807, 2.05) is 12.1 Å². The molecule has 2 aromatic heterocycles. The van der Waals surface area contributed by atoms with Crippen molar-refractivity contribution < 1.29 is 4.79 Å². The topological polar surface area (TPSA) is 92.2 Å². The van der Waals surface area contributed by atoms with Crippen molar-refractivity contribution in [1.82, 2.24) is 19.5 Å². The van der Waals surface area contributed by atoms with Crippen LogP contribution in [0.5, 0.6) is 0 Å². The summed E-state index contributed by atoms with van der Waals surface area (Å²) in [6, 6.07) is 14.5. The van der Waals surface area contributed by atoms with E-state index in [0.29, 0.717) is 36.3 Å². The van der Waals surface area contributed by atoms with Crippen molar-refractivity contribution in [3.05, 3.63) is 76.3 Å². The minimum absolute atomic E-state index is 0.195. The molecule has 0 fully saturated rings.